The van der Waals surface area contributed by atoms with Crippen LogP contribution in [-0.2, 0) is 4.79 Å². The van der Waals surface area contributed by atoms with E-state index in [9.17, 15) is 26.7 Å². The lowest BCUT2D eigenvalue weighted by atomic mass is 10.1. The Hall–Kier alpha value is -3.53. The fraction of sp³-hybridized carbons (Fsp3) is 0.269. The third kappa shape index (κ3) is 5.44. The molecule has 196 valence electrons. The van der Waals surface area contributed by atoms with Crippen LogP contribution in [0.5, 0.6) is 5.75 Å². The van der Waals surface area contributed by atoms with Crippen molar-refractivity contribution >= 4 is 34.6 Å². The Labute approximate surface area is 215 Å². The molecule has 0 aliphatic carbocycles. The molecule has 3 aromatic rings. The number of para-hydroxylation sites is 1. The minimum atomic E-state index is -2.19. The first-order chi connectivity index (χ1) is 17.5. The van der Waals surface area contributed by atoms with Crippen LogP contribution in [0.15, 0.2) is 48.5 Å². The molecule has 4 rings (SSSR count). The molecular weight excluding hydrogens is 517 g/mol. The molecule has 1 aliphatic rings. The van der Waals surface area contributed by atoms with Crippen LogP contribution < -0.4 is 19.9 Å². The van der Waals surface area contributed by atoms with Crippen LogP contribution in [0, 0.1) is 29.1 Å². The van der Waals surface area contributed by atoms with E-state index in [-0.39, 0.29) is 26.2 Å². The van der Waals surface area contributed by atoms with Crippen molar-refractivity contribution in [2.24, 2.45) is 0 Å². The molecule has 3 aromatic carbocycles. The van der Waals surface area contributed by atoms with E-state index in [1.54, 1.807) is 56.3 Å². The Morgan fingerprint density at radius 1 is 0.838 bits per heavy atom. The van der Waals surface area contributed by atoms with Crippen LogP contribution in [0.1, 0.15) is 13.8 Å². The Kier molecular flexibility index (Phi) is 7.49. The van der Waals surface area contributed by atoms with Crippen molar-refractivity contribution in [1.29, 1.82) is 0 Å². The van der Waals surface area contributed by atoms with E-state index >= 15 is 0 Å². The Bertz CT molecular complexity index is 1290. The van der Waals surface area contributed by atoms with Crippen molar-refractivity contribution in [2.45, 2.75) is 19.4 Å². The van der Waals surface area contributed by atoms with Gasteiger partial charge in [-0.3, -0.25) is 4.79 Å². The summed E-state index contributed by atoms with van der Waals surface area (Å²) in [6.07, 6.45) is 0. The Morgan fingerprint density at radius 3 is 1.95 bits per heavy atom. The van der Waals surface area contributed by atoms with E-state index in [2.05, 4.69) is 5.32 Å². The van der Waals surface area contributed by atoms with Gasteiger partial charge < -0.3 is 19.9 Å². The second-order valence-corrected chi connectivity index (χ2v) is 9.35. The number of carbonyl (C=O) groups is 1. The molecule has 37 heavy (non-hydrogen) atoms. The molecule has 0 spiro atoms. The van der Waals surface area contributed by atoms with Crippen LogP contribution in [0.3, 0.4) is 0 Å². The first-order valence-corrected chi connectivity index (χ1v) is 11.7. The van der Waals surface area contributed by atoms with Gasteiger partial charge in [0.1, 0.15) is 11.4 Å². The SMILES string of the molecule is CC(C)(Oc1ccccc1)C(=O)Nc1ccc(N2CCN(c3c(F)c(F)c(F)c(F)c3F)CC2)c(Cl)c1. The molecule has 5 nitrogen and oxygen atoms in total. The zero-order chi connectivity index (χ0) is 26.9. The zero-order valence-corrected chi connectivity index (χ0v) is 20.7. The lowest BCUT2D eigenvalue weighted by Gasteiger charge is -2.38. The van der Waals surface area contributed by atoms with Crippen molar-refractivity contribution in [3.63, 3.8) is 0 Å². The predicted molar refractivity (Wildman–Crippen MR) is 132 cm³/mol. The van der Waals surface area contributed by atoms with Crippen molar-refractivity contribution in [3.8, 4) is 5.75 Å². The van der Waals surface area contributed by atoms with E-state index in [1.165, 1.54) is 0 Å². The number of carbonyl (C=O) groups excluding carboxylic acids is 1. The number of ether oxygens (including phenoxy) is 1. The van der Waals surface area contributed by atoms with Gasteiger partial charge in [0.15, 0.2) is 28.9 Å². The van der Waals surface area contributed by atoms with Crippen molar-refractivity contribution in [1.82, 2.24) is 0 Å². The Morgan fingerprint density at radius 2 is 1.38 bits per heavy atom. The average molecular weight is 540 g/mol. The molecule has 0 unspecified atom stereocenters. The number of rotatable bonds is 6. The summed E-state index contributed by atoms with van der Waals surface area (Å²) in [7, 11) is 0. The number of hydrogen-bond donors (Lipinski definition) is 1. The second-order valence-electron chi connectivity index (χ2n) is 8.94. The molecule has 0 saturated carbocycles. The number of benzene rings is 3. The van der Waals surface area contributed by atoms with Crippen LogP contribution >= 0.6 is 11.6 Å². The third-order valence-corrected chi connectivity index (χ3v) is 6.29. The average Bonchev–Trinajstić information content (AvgIpc) is 2.87. The largest absolute Gasteiger partial charge is 0.478 e. The van der Waals surface area contributed by atoms with Gasteiger partial charge in [-0.2, -0.15) is 0 Å². The zero-order valence-electron chi connectivity index (χ0n) is 19.9. The van der Waals surface area contributed by atoms with Gasteiger partial charge in [0.05, 0.1) is 10.7 Å². The van der Waals surface area contributed by atoms with Gasteiger partial charge in [0, 0.05) is 31.9 Å². The van der Waals surface area contributed by atoms with Gasteiger partial charge in [0.25, 0.3) is 5.91 Å². The van der Waals surface area contributed by atoms with Crippen LogP contribution in [0.25, 0.3) is 0 Å². The first-order valence-electron chi connectivity index (χ1n) is 11.4. The highest BCUT2D eigenvalue weighted by atomic mass is 35.5. The number of amides is 1. The van der Waals surface area contributed by atoms with E-state index in [0.29, 0.717) is 22.1 Å². The van der Waals surface area contributed by atoms with E-state index in [0.717, 1.165) is 4.90 Å². The molecule has 1 fully saturated rings. The van der Waals surface area contributed by atoms with Gasteiger partial charge in [0.2, 0.25) is 5.82 Å². The topological polar surface area (TPSA) is 44.8 Å². The summed E-state index contributed by atoms with van der Waals surface area (Å²) >= 11 is 6.45. The minimum Gasteiger partial charge on any atom is -0.478 e. The fourth-order valence-electron chi connectivity index (χ4n) is 3.99. The monoisotopic (exact) mass is 539 g/mol. The van der Waals surface area contributed by atoms with Gasteiger partial charge in [-0.25, -0.2) is 22.0 Å². The van der Waals surface area contributed by atoms with Gasteiger partial charge in [-0.1, -0.05) is 29.8 Å². The number of halogens is 6. The summed E-state index contributed by atoms with van der Waals surface area (Å²) in [4.78, 5) is 15.7. The third-order valence-electron chi connectivity index (χ3n) is 5.99. The molecule has 0 aromatic heterocycles. The standard InChI is InChI=1S/C26H23ClF5N3O2/c1-26(2,37-16-6-4-3-5-7-16)25(36)33-15-8-9-18(17(27)14-15)34-10-12-35(13-11-34)24-22(31)20(29)19(28)21(30)23(24)32/h3-9,14H,10-13H2,1-2H3,(H,33,36). The minimum absolute atomic E-state index is 0.00180. The molecule has 1 N–H and O–H groups in total. The highest BCUT2D eigenvalue weighted by molar-refractivity contribution is 6.33. The van der Waals surface area contributed by atoms with E-state index in [1.807, 2.05) is 11.0 Å². The summed E-state index contributed by atoms with van der Waals surface area (Å²) < 4.78 is 74.7. The lowest BCUT2D eigenvalue weighted by Crippen LogP contribution is -2.47. The number of hydrogen-bond acceptors (Lipinski definition) is 4. The highest BCUT2D eigenvalue weighted by Crippen LogP contribution is 2.34. The maximum atomic E-state index is 14.2. The van der Waals surface area contributed by atoms with Crippen molar-refractivity contribution in [3.05, 3.63) is 82.6 Å². The summed E-state index contributed by atoms with van der Waals surface area (Å²) in [6, 6.07) is 13.8. The maximum absolute atomic E-state index is 14.2. The molecule has 1 heterocycles. The molecule has 1 amide bonds. The molecule has 1 saturated heterocycles. The van der Waals surface area contributed by atoms with Crippen molar-refractivity contribution < 1.29 is 31.5 Å². The van der Waals surface area contributed by atoms with Crippen LogP contribution in [0.2, 0.25) is 5.02 Å². The normalized spacial score (nSPS) is 14.1. The quantitative estimate of drug-likeness (QED) is 0.232. The lowest BCUT2D eigenvalue weighted by molar-refractivity contribution is -0.128. The smallest absolute Gasteiger partial charge is 0.267 e. The maximum Gasteiger partial charge on any atom is 0.267 e. The summed E-state index contributed by atoms with van der Waals surface area (Å²) in [5.41, 5.74) is -1.09. The molecular formula is C26H23ClF5N3O2. The molecule has 11 heteroatoms. The number of nitrogens with one attached hydrogen (secondary N) is 1. The Balaban J connectivity index is 1.42. The highest BCUT2D eigenvalue weighted by Gasteiger charge is 2.32. The second kappa shape index (κ2) is 10.5. The van der Waals surface area contributed by atoms with E-state index < -0.39 is 46.3 Å². The first kappa shape index (κ1) is 26.5. The van der Waals surface area contributed by atoms with Crippen LogP contribution in [-0.4, -0.2) is 37.7 Å². The molecule has 0 atom stereocenters. The molecule has 0 bridgehead atoms. The van der Waals surface area contributed by atoms with Gasteiger partial charge in [-0.15, -0.1) is 0 Å². The van der Waals surface area contributed by atoms with E-state index in [4.69, 9.17) is 16.3 Å². The van der Waals surface area contributed by atoms with Crippen LogP contribution in [0.4, 0.5) is 39.0 Å². The summed E-state index contributed by atoms with van der Waals surface area (Å²) in [5.74, 6) is -9.71. The van der Waals surface area contributed by atoms with Gasteiger partial charge in [-0.05, 0) is 44.2 Å². The number of anilines is 3. The summed E-state index contributed by atoms with van der Waals surface area (Å²) in [5, 5.41) is 3.08. The number of nitrogens with zero attached hydrogens (tertiary/aromatic N) is 2. The fourth-order valence-corrected chi connectivity index (χ4v) is 4.29. The predicted octanol–water partition coefficient (Wildman–Crippen LogP) is 6.16. The van der Waals surface area contributed by atoms with Crippen molar-refractivity contribution in [2.75, 3.05) is 41.3 Å². The molecule has 1 aliphatic heterocycles. The van der Waals surface area contributed by atoms with Gasteiger partial charge >= 0.3 is 0 Å². The molecule has 0 radical (unpaired) electrons. The summed E-state index contributed by atoms with van der Waals surface area (Å²) in [6.45, 7) is 3.69. The number of piperazine rings is 1.